The molecule has 1 heterocycles. The molecule has 2 N–H and O–H groups in total. The van der Waals surface area contributed by atoms with E-state index in [1.807, 2.05) is 0 Å². The summed E-state index contributed by atoms with van der Waals surface area (Å²) in [6, 6.07) is 10.1. The highest BCUT2D eigenvalue weighted by atomic mass is 32.2. The maximum absolute atomic E-state index is 13.8. The van der Waals surface area contributed by atoms with Crippen molar-refractivity contribution >= 4 is 28.5 Å². The molecule has 0 radical (unpaired) electrons. The smallest absolute Gasteiger partial charge is 0.257 e. The van der Waals surface area contributed by atoms with Crippen LogP contribution in [0.2, 0.25) is 0 Å². The number of nitrogen functional groups attached to an aromatic ring is 1. The van der Waals surface area contributed by atoms with Crippen LogP contribution in [-0.4, -0.2) is 12.1 Å². The number of aromatic nitrogens is 1. The molecule has 0 saturated heterocycles. The molecule has 0 atom stereocenters. The van der Waals surface area contributed by atoms with Gasteiger partial charge in [0.05, 0.1) is 7.11 Å². The van der Waals surface area contributed by atoms with Gasteiger partial charge in [0.25, 0.3) is 5.22 Å². The molecule has 0 unspecified atom stereocenters. The number of hydrogen-bond donors (Lipinski definition) is 1. The first-order valence-corrected chi connectivity index (χ1v) is 7.25. The molecule has 21 heavy (non-hydrogen) atoms. The van der Waals surface area contributed by atoms with Crippen LogP contribution in [0.4, 0.5) is 10.1 Å². The highest BCUT2D eigenvalue weighted by Crippen LogP contribution is 2.28. The number of benzene rings is 2. The van der Waals surface area contributed by atoms with Crippen LogP contribution in [-0.2, 0) is 5.75 Å². The molecule has 4 nitrogen and oxygen atoms in total. The number of ether oxygens (including phenoxy) is 1. The summed E-state index contributed by atoms with van der Waals surface area (Å²) in [5.74, 6) is 0.624. The molecule has 0 aliphatic rings. The third kappa shape index (κ3) is 2.95. The second-order valence-corrected chi connectivity index (χ2v) is 5.38. The fourth-order valence-corrected chi connectivity index (χ4v) is 2.72. The maximum Gasteiger partial charge on any atom is 0.257 e. The number of nitrogens with two attached hydrogens (primary N) is 1. The minimum Gasteiger partial charge on any atom is -0.497 e. The SMILES string of the molecule is COc1ccc(CSc2nc3cc(N)ccc3o2)c(F)c1. The van der Waals surface area contributed by atoms with E-state index in [0.29, 0.717) is 39.1 Å². The first-order valence-electron chi connectivity index (χ1n) is 6.27. The van der Waals surface area contributed by atoms with Crippen LogP contribution >= 0.6 is 11.8 Å². The molecule has 0 bridgehead atoms. The van der Waals surface area contributed by atoms with Gasteiger partial charge < -0.3 is 14.9 Å². The molecule has 2 aromatic carbocycles. The lowest BCUT2D eigenvalue weighted by Gasteiger charge is -2.03. The number of nitrogens with zero attached hydrogens (tertiary/aromatic N) is 1. The molecule has 0 fully saturated rings. The summed E-state index contributed by atoms with van der Waals surface area (Å²) >= 11 is 1.33. The van der Waals surface area contributed by atoms with Gasteiger partial charge in [-0.05, 0) is 29.8 Å². The van der Waals surface area contributed by atoms with Crippen LogP contribution in [0, 0.1) is 5.82 Å². The Labute approximate surface area is 125 Å². The van der Waals surface area contributed by atoms with Gasteiger partial charge in [-0.25, -0.2) is 9.37 Å². The first kappa shape index (κ1) is 13.8. The van der Waals surface area contributed by atoms with Crippen molar-refractivity contribution in [2.75, 3.05) is 12.8 Å². The monoisotopic (exact) mass is 304 g/mol. The van der Waals surface area contributed by atoms with Gasteiger partial charge in [-0.1, -0.05) is 17.8 Å². The van der Waals surface area contributed by atoms with Crippen molar-refractivity contribution in [3.63, 3.8) is 0 Å². The third-order valence-electron chi connectivity index (χ3n) is 3.00. The van der Waals surface area contributed by atoms with Crippen LogP contribution < -0.4 is 10.5 Å². The summed E-state index contributed by atoms with van der Waals surface area (Å²) in [4.78, 5) is 4.32. The number of thioether (sulfide) groups is 1. The molecule has 3 aromatic rings. The second-order valence-electron chi connectivity index (χ2n) is 4.45. The fraction of sp³-hybridized carbons (Fsp3) is 0.133. The molecule has 0 saturated carbocycles. The Morgan fingerprint density at radius 2 is 2.14 bits per heavy atom. The van der Waals surface area contributed by atoms with Gasteiger partial charge in [-0.3, -0.25) is 0 Å². The van der Waals surface area contributed by atoms with Crippen molar-refractivity contribution in [1.29, 1.82) is 0 Å². The molecule has 3 rings (SSSR count). The zero-order chi connectivity index (χ0) is 14.8. The van der Waals surface area contributed by atoms with E-state index in [-0.39, 0.29) is 5.82 Å². The summed E-state index contributed by atoms with van der Waals surface area (Å²) in [5, 5.41) is 0.491. The number of methoxy groups -OCH3 is 1. The fourth-order valence-electron chi connectivity index (χ4n) is 1.90. The molecule has 0 aliphatic carbocycles. The molecule has 0 amide bonds. The molecular formula is C15H13FN2O2S. The molecule has 108 valence electrons. The zero-order valence-corrected chi connectivity index (χ0v) is 12.1. The van der Waals surface area contributed by atoms with Crippen LogP contribution in [0.1, 0.15) is 5.56 Å². The largest absolute Gasteiger partial charge is 0.497 e. The number of rotatable bonds is 4. The summed E-state index contributed by atoms with van der Waals surface area (Å²) in [5.41, 5.74) is 8.27. The van der Waals surface area contributed by atoms with Crippen molar-refractivity contribution in [1.82, 2.24) is 4.98 Å². The van der Waals surface area contributed by atoms with E-state index >= 15 is 0 Å². The van der Waals surface area contributed by atoms with E-state index in [2.05, 4.69) is 4.98 Å². The lowest BCUT2D eigenvalue weighted by atomic mass is 10.2. The van der Waals surface area contributed by atoms with Gasteiger partial charge >= 0.3 is 0 Å². The normalized spacial score (nSPS) is 11.0. The van der Waals surface area contributed by atoms with Crippen molar-refractivity contribution < 1.29 is 13.5 Å². The van der Waals surface area contributed by atoms with Crippen molar-refractivity contribution in [3.05, 3.63) is 47.8 Å². The molecule has 0 aliphatic heterocycles. The Hall–Kier alpha value is -2.21. The van der Waals surface area contributed by atoms with Crippen molar-refractivity contribution in [2.24, 2.45) is 0 Å². The van der Waals surface area contributed by atoms with E-state index in [0.717, 1.165) is 0 Å². The number of anilines is 1. The summed E-state index contributed by atoms with van der Waals surface area (Å²) in [7, 11) is 1.51. The third-order valence-corrected chi connectivity index (χ3v) is 3.88. The Kier molecular flexibility index (Phi) is 3.70. The van der Waals surface area contributed by atoms with Crippen LogP contribution in [0.15, 0.2) is 46.0 Å². The zero-order valence-electron chi connectivity index (χ0n) is 11.3. The number of halogens is 1. The average molecular weight is 304 g/mol. The highest BCUT2D eigenvalue weighted by Gasteiger charge is 2.09. The number of oxazole rings is 1. The van der Waals surface area contributed by atoms with E-state index in [1.54, 1.807) is 30.3 Å². The van der Waals surface area contributed by atoms with Crippen LogP contribution in [0.3, 0.4) is 0 Å². The standard InChI is InChI=1S/C15H13FN2O2S/c1-19-11-4-2-9(12(16)7-11)8-21-15-18-13-6-10(17)3-5-14(13)20-15/h2-7H,8,17H2,1H3. The van der Waals surface area contributed by atoms with Crippen LogP contribution in [0.5, 0.6) is 5.75 Å². The summed E-state index contributed by atoms with van der Waals surface area (Å²) in [6.45, 7) is 0. The van der Waals surface area contributed by atoms with Gasteiger partial charge in [0.2, 0.25) is 0 Å². The van der Waals surface area contributed by atoms with E-state index < -0.39 is 0 Å². The molecule has 6 heteroatoms. The topological polar surface area (TPSA) is 61.3 Å². The number of fused-ring (bicyclic) bond motifs is 1. The van der Waals surface area contributed by atoms with Gasteiger partial charge in [-0.15, -0.1) is 0 Å². The molecule has 0 spiro atoms. The first-order chi connectivity index (χ1) is 10.2. The van der Waals surface area contributed by atoms with Crippen molar-refractivity contribution in [3.8, 4) is 5.75 Å². The summed E-state index contributed by atoms with van der Waals surface area (Å²) < 4.78 is 24.4. The summed E-state index contributed by atoms with van der Waals surface area (Å²) in [6.07, 6.45) is 0. The Morgan fingerprint density at radius 3 is 2.90 bits per heavy atom. The minimum absolute atomic E-state index is 0.304. The van der Waals surface area contributed by atoms with E-state index in [4.69, 9.17) is 14.9 Å². The number of hydrogen-bond acceptors (Lipinski definition) is 5. The quantitative estimate of drug-likeness (QED) is 0.586. The maximum atomic E-state index is 13.8. The van der Waals surface area contributed by atoms with E-state index in [1.165, 1.54) is 24.9 Å². The predicted octanol–water partition coefficient (Wildman–Crippen LogP) is 3.85. The molecule has 1 aromatic heterocycles. The predicted molar refractivity (Wildman–Crippen MR) is 80.9 cm³/mol. The van der Waals surface area contributed by atoms with Gasteiger partial charge in [0.1, 0.15) is 17.1 Å². The minimum atomic E-state index is -0.304. The van der Waals surface area contributed by atoms with Gasteiger partial charge in [0.15, 0.2) is 5.58 Å². The van der Waals surface area contributed by atoms with Gasteiger partial charge in [-0.2, -0.15) is 0 Å². The van der Waals surface area contributed by atoms with Crippen LogP contribution in [0.25, 0.3) is 11.1 Å². The van der Waals surface area contributed by atoms with Gasteiger partial charge in [0, 0.05) is 17.5 Å². The Bertz CT molecular complexity index is 788. The highest BCUT2D eigenvalue weighted by molar-refractivity contribution is 7.98. The lowest BCUT2D eigenvalue weighted by Crippen LogP contribution is -1.90. The second kappa shape index (κ2) is 5.65. The Morgan fingerprint density at radius 1 is 1.29 bits per heavy atom. The lowest BCUT2D eigenvalue weighted by molar-refractivity contribution is 0.411. The molecular weight excluding hydrogens is 291 g/mol. The average Bonchev–Trinajstić information content (AvgIpc) is 2.87. The van der Waals surface area contributed by atoms with E-state index in [9.17, 15) is 4.39 Å². The van der Waals surface area contributed by atoms with Crippen molar-refractivity contribution in [2.45, 2.75) is 11.0 Å². The Balaban J connectivity index is 1.77.